The highest BCUT2D eigenvalue weighted by atomic mass is 19.4. The van der Waals surface area contributed by atoms with Crippen LogP contribution in [0.25, 0.3) is 0 Å². The maximum absolute atomic E-state index is 13.4. The number of benzene rings is 1. The van der Waals surface area contributed by atoms with Crippen LogP contribution in [0.5, 0.6) is 17.2 Å². The first-order valence-corrected chi connectivity index (χ1v) is 7.26. The Morgan fingerprint density at radius 2 is 1.65 bits per heavy atom. The molecule has 1 aromatic rings. The van der Waals surface area contributed by atoms with E-state index in [4.69, 9.17) is 19.3 Å². The molecule has 146 valence electrons. The minimum Gasteiger partial charge on any atom is -0.493 e. The van der Waals surface area contributed by atoms with Crippen molar-refractivity contribution in [2.75, 3.05) is 27.9 Å². The van der Waals surface area contributed by atoms with Gasteiger partial charge in [0.1, 0.15) is 0 Å². The van der Waals surface area contributed by atoms with Crippen LogP contribution in [0.15, 0.2) is 12.1 Å². The molecular formula is C15H19F3N2O6. The third kappa shape index (κ3) is 5.60. The minimum atomic E-state index is -4.82. The molecule has 1 rings (SSSR count). The van der Waals surface area contributed by atoms with E-state index in [0.29, 0.717) is 0 Å². The summed E-state index contributed by atoms with van der Waals surface area (Å²) in [6, 6.07) is -1.41. The summed E-state index contributed by atoms with van der Waals surface area (Å²) in [4.78, 5) is 22.1. The van der Waals surface area contributed by atoms with Gasteiger partial charge in [-0.1, -0.05) is 0 Å². The normalized spacial score (nSPS) is 12.1. The maximum Gasteiger partial charge on any atom is 0.412 e. The zero-order valence-corrected chi connectivity index (χ0v) is 14.3. The van der Waals surface area contributed by atoms with Gasteiger partial charge < -0.3 is 30.0 Å². The van der Waals surface area contributed by atoms with E-state index in [1.165, 1.54) is 21.3 Å². The lowest BCUT2D eigenvalue weighted by atomic mass is 10.0. The minimum absolute atomic E-state index is 0.0100. The fraction of sp³-hybridized carbons (Fsp3) is 0.467. The van der Waals surface area contributed by atoms with Gasteiger partial charge in [-0.25, -0.2) is 4.79 Å². The molecule has 2 amide bonds. The van der Waals surface area contributed by atoms with Gasteiger partial charge in [-0.15, -0.1) is 0 Å². The number of carboxylic acid groups (broad SMARTS) is 1. The molecule has 0 spiro atoms. The number of carboxylic acids is 1. The van der Waals surface area contributed by atoms with Crippen molar-refractivity contribution < 1.29 is 42.1 Å². The molecule has 0 aromatic heterocycles. The molecule has 0 fully saturated rings. The number of ether oxygens (including phenoxy) is 3. The third-order valence-electron chi connectivity index (χ3n) is 3.25. The lowest BCUT2D eigenvalue weighted by Gasteiger charge is -2.24. The smallest absolute Gasteiger partial charge is 0.412 e. The number of halogens is 3. The Morgan fingerprint density at radius 1 is 1.12 bits per heavy atom. The zero-order chi connectivity index (χ0) is 19.9. The van der Waals surface area contributed by atoms with Crippen molar-refractivity contribution in [2.24, 2.45) is 0 Å². The SMILES string of the molecule is COc1cc(C(NC(=O)NCCC(=O)O)C(F)(F)F)cc(OC)c1OC. The first-order valence-electron chi connectivity index (χ1n) is 7.26. The van der Waals surface area contributed by atoms with Crippen LogP contribution in [0.4, 0.5) is 18.0 Å². The molecule has 0 aliphatic carbocycles. The number of rotatable bonds is 8. The van der Waals surface area contributed by atoms with Gasteiger partial charge in [0, 0.05) is 6.54 Å². The molecule has 0 heterocycles. The molecule has 26 heavy (non-hydrogen) atoms. The predicted octanol–water partition coefficient (Wildman–Crippen LogP) is 2.09. The van der Waals surface area contributed by atoms with Gasteiger partial charge in [-0.2, -0.15) is 13.2 Å². The fourth-order valence-electron chi connectivity index (χ4n) is 2.09. The maximum atomic E-state index is 13.4. The summed E-state index contributed by atoms with van der Waals surface area (Å²) < 4.78 is 55.3. The Morgan fingerprint density at radius 3 is 2.04 bits per heavy atom. The summed E-state index contributed by atoms with van der Waals surface area (Å²) in [5.74, 6) is -1.11. The molecule has 0 aliphatic rings. The number of methoxy groups -OCH3 is 3. The van der Waals surface area contributed by atoms with Crippen LogP contribution < -0.4 is 24.8 Å². The van der Waals surface area contributed by atoms with Crippen molar-refractivity contribution in [1.29, 1.82) is 0 Å². The number of amides is 2. The van der Waals surface area contributed by atoms with E-state index in [-0.39, 0.29) is 29.4 Å². The van der Waals surface area contributed by atoms with Crippen molar-refractivity contribution in [3.8, 4) is 17.2 Å². The Balaban J connectivity index is 3.14. The highest BCUT2D eigenvalue weighted by Crippen LogP contribution is 2.42. The van der Waals surface area contributed by atoms with Crippen molar-refractivity contribution in [2.45, 2.75) is 18.6 Å². The van der Waals surface area contributed by atoms with E-state index in [0.717, 1.165) is 12.1 Å². The lowest BCUT2D eigenvalue weighted by Crippen LogP contribution is -2.44. The summed E-state index contributed by atoms with van der Waals surface area (Å²) >= 11 is 0. The number of urea groups is 1. The summed E-state index contributed by atoms with van der Waals surface area (Å²) in [5.41, 5.74) is -0.347. The van der Waals surface area contributed by atoms with Gasteiger partial charge in [0.25, 0.3) is 0 Å². The van der Waals surface area contributed by atoms with Gasteiger partial charge in [-0.05, 0) is 17.7 Å². The van der Waals surface area contributed by atoms with E-state index in [1.54, 1.807) is 5.32 Å². The van der Waals surface area contributed by atoms with E-state index in [1.807, 2.05) is 5.32 Å². The second-order valence-electron chi connectivity index (χ2n) is 4.98. The van der Waals surface area contributed by atoms with Crippen molar-refractivity contribution in [3.63, 3.8) is 0 Å². The largest absolute Gasteiger partial charge is 0.493 e. The first-order chi connectivity index (χ1) is 12.1. The van der Waals surface area contributed by atoms with E-state index in [9.17, 15) is 22.8 Å². The zero-order valence-electron chi connectivity index (χ0n) is 14.3. The average molecular weight is 380 g/mol. The van der Waals surface area contributed by atoms with Crippen molar-refractivity contribution in [3.05, 3.63) is 17.7 Å². The van der Waals surface area contributed by atoms with E-state index < -0.39 is 30.6 Å². The van der Waals surface area contributed by atoms with Crippen LogP contribution in [-0.2, 0) is 4.79 Å². The molecule has 8 nitrogen and oxygen atoms in total. The quantitative estimate of drug-likeness (QED) is 0.638. The first kappa shape index (κ1) is 21.2. The second kappa shape index (κ2) is 9.02. The van der Waals surface area contributed by atoms with Crippen LogP contribution in [0.1, 0.15) is 18.0 Å². The summed E-state index contributed by atoms with van der Waals surface area (Å²) in [6.45, 7) is -0.318. The average Bonchev–Trinajstić information content (AvgIpc) is 2.56. The Labute approximate surface area is 147 Å². The summed E-state index contributed by atoms with van der Waals surface area (Å²) in [6.07, 6.45) is -5.25. The number of carbonyl (C=O) groups is 2. The van der Waals surface area contributed by atoms with E-state index in [2.05, 4.69) is 0 Å². The molecule has 0 bridgehead atoms. The topological polar surface area (TPSA) is 106 Å². The number of nitrogens with one attached hydrogen (secondary N) is 2. The molecule has 11 heteroatoms. The highest BCUT2D eigenvalue weighted by Gasteiger charge is 2.42. The Kier molecular flexibility index (Phi) is 7.35. The van der Waals surface area contributed by atoms with Crippen LogP contribution in [0.2, 0.25) is 0 Å². The summed E-state index contributed by atoms with van der Waals surface area (Å²) in [5, 5.41) is 12.3. The molecule has 0 saturated heterocycles. The number of hydrogen-bond donors (Lipinski definition) is 3. The van der Waals surface area contributed by atoms with Gasteiger partial charge in [0.15, 0.2) is 17.5 Å². The van der Waals surface area contributed by atoms with Gasteiger partial charge >= 0.3 is 18.2 Å². The third-order valence-corrected chi connectivity index (χ3v) is 3.25. The van der Waals surface area contributed by atoms with Gasteiger partial charge in [-0.3, -0.25) is 4.79 Å². The van der Waals surface area contributed by atoms with Crippen LogP contribution >= 0.6 is 0 Å². The van der Waals surface area contributed by atoms with Crippen molar-refractivity contribution >= 4 is 12.0 Å². The molecule has 1 unspecified atom stereocenters. The monoisotopic (exact) mass is 380 g/mol. The number of carbonyl (C=O) groups excluding carboxylic acids is 1. The van der Waals surface area contributed by atoms with Gasteiger partial charge in [0.05, 0.1) is 27.8 Å². The van der Waals surface area contributed by atoms with Crippen LogP contribution in [0.3, 0.4) is 0 Å². The van der Waals surface area contributed by atoms with Crippen molar-refractivity contribution in [1.82, 2.24) is 10.6 Å². The molecule has 1 atom stereocenters. The Bertz CT molecular complexity index is 626. The molecule has 3 N–H and O–H groups in total. The number of alkyl halides is 3. The van der Waals surface area contributed by atoms with E-state index >= 15 is 0 Å². The van der Waals surface area contributed by atoms with Gasteiger partial charge in [0.2, 0.25) is 5.75 Å². The lowest BCUT2D eigenvalue weighted by molar-refractivity contribution is -0.155. The Hall–Kier alpha value is -2.85. The fourth-order valence-corrected chi connectivity index (χ4v) is 2.09. The molecule has 0 aliphatic heterocycles. The molecule has 1 aromatic carbocycles. The summed E-state index contributed by atoms with van der Waals surface area (Å²) in [7, 11) is 3.79. The number of hydrogen-bond acceptors (Lipinski definition) is 5. The number of aliphatic carboxylic acids is 1. The molecule has 0 saturated carbocycles. The standard InChI is InChI=1S/C15H19F3N2O6/c1-24-9-6-8(7-10(25-2)12(9)26-3)13(15(16,17)18)20-14(23)19-5-4-11(21)22/h6-7,13H,4-5H2,1-3H3,(H,21,22)(H2,19,20,23). The predicted molar refractivity (Wildman–Crippen MR) is 83.7 cm³/mol. The van der Waals surface area contributed by atoms with Crippen LogP contribution in [0, 0.1) is 0 Å². The highest BCUT2D eigenvalue weighted by molar-refractivity contribution is 5.75. The van der Waals surface area contributed by atoms with Crippen LogP contribution in [-0.4, -0.2) is 51.2 Å². The second-order valence-corrected chi connectivity index (χ2v) is 4.98. The molecular weight excluding hydrogens is 361 g/mol. The molecule has 0 radical (unpaired) electrons.